The van der Waals surface area contributed by atoms with Crippen LogP contribution in [0.1, 0.15) is 48.4 Å². The number of anilines is 1. The number of fused-ring (bicyclic) bond motifs is 2. The second-order valence-corrected chi connectivity index (χ2v) is 8.84. The Hall–Kier alpha value is -1.60. The molecule has 138 valence electrons. The first-order valence-electron chi connectivity index (χ1n) is 9.22. The van der Waals surface area contributed by atoms with Crippen molar-refractivity contribution in [2.45, 2.75) is 51.9 Å². The average molecular weight is 365 g/mol. The van der Waals surface area contributed by atoms with Crippen LogP contribution in [0.25, 0.3) is 0 Å². The van der Waals surface area contributed by atoms with E-state index in [0.717, 1.165) is 50.8 Å². The summed E-state index contributed by atoms with van der Waals surface area (Å²) in [7, 11) is -3.11. The molecule has 2 aliphatic carbocycles. The number of carbonyl (C=O) groups excluding carboxylic acids is 1. The molecular formula is C18H28N4O2S. The normalized spacial score (nSPS) is 17.6. The van der Waals surface area contributed by atoms with Crippen molar-refractivity contribution in [1.82, 2.24) is 10.0 Å². The van der Waals surface area contributed by atoms with Crippen LogP contribution in [0.4, 0.5) is 10.5 Å². The number of benzene rings is 1. The number of amides is 2. The van der Waals surface area contributed by atoms with Crippen molar-refractivity contribution in [3.05, 3.63) is 28.3 Å². The fraction of sp³-hybridized carbons (Fsp3) is 0.611. The zero-order valence-corrected chi connectivity index (χ0v) is 15.7. The monoisotopic (exact) mass is 364 g/mol. The van der Waals surface area contributed by atoms with Gasteiger partial charge in [-0.25, -0.2) is 13.8 Å². The lowest BCUT2D eigenvalue weighted by Crippen LogP contribution is -2.36. The van der Waals surface area contributed by atoms with Gasteiger partial charge < -0.3 is 10.6 Å². The third kappa shape index (κ3) is 4.33. The maximum absolute atomic E-state index is 12.4. The van der Waals surface area contributed by atoms with E-state index in [9.17, 15) is 9.00 Å². The van der Waals surface area contributed by atoms with Crippen molar-refractivity contribution < 1.29 is 9.00 Å². The van der Waals surface area contributed by atoms with Crippen LogP contribution >= 0.6 is 0 Å². The summed E-state index contributed by atoms with van der Waals surface area (Å²) in [5.41, 5.74) is 6.07. The van der Waals surface area contributed by atoms with Crippen LogP contribution < -0.4 is 15.4 Å². The van der Waals surface area contributed by atoms with Gasteiger partial charge in [-0.15, -0.1) is 0 Å². The van der Waals surface area contributed by atoms with Gasteiger partial charge in [-0.05, 0) is 80.3 Å². The molecular weight excluding hydrogens is 336 g/mol. The van der Waals surface area contributed by atoms with Gasteiger partial charge in [0.15, 0.2) is 0 Å². The second-order valence-electron chi connectivity index (χ2n) is 6.88. The smallest absolute Gasteiger partial charge is 0.317 e. The lowest BCUT2D eigenvalue weighted by Gasteiger charge is -2.17. The summed E-state index contributed by atoms with van der Waals surface area (Å²) in [5, 5.41) is 6.07. The third-order valence-electron chi connectivity index (χ3n) is 5.00. The number of urea groups is 1. The molecule has 0 fully saturated rings. The Kier molecular flexibility index (Phi) is 5.64. The summed E-state index contributed by atoms with van der Waals surface area (Å²) in [6, 6.07) is 1.79. The Morgan fingerprint density at radius 1 is 1.16 bits per heavy atom. The number of nitrogens with one attached hydrogen (secondary N) is 4. The molecule has 3 rings (SSSR count). The lowest BCUT2D eigenvalue weighted by atomic mass is 9.99. The van der Waals surface area contributed by atoms with E-state index >= 15 is 0 Å². The first kappa shape index (κ1) is 18.2. The summed E-state index contributed by atoms with van der Waals surface area (Å²) in [6.45, 7) is 3.55. The maximum atomic E-state index is 12.4. The van der Waals surface area contributed by atoms with E-state index in [4.69, 9.17) is 4.78 Å². The van der Waals surface area contributed by atoms with Crippen LogP contribution in [0.3, 0.4) is 0 Å². The van der Waals surface area contributed by atoms with Crippen LogP contribution in [-0.2, 0) is 35.6 Å². The van der Waals surface area contributed by atoms with Crippen LogP contribution in [-0.4, -0.2) is 29.1 Å². The molecule has 0 aliphatic heterocycles. The largest absolute Gasteiger partial charge is 0.331 e. The molecule has 0 saturated heterocycles. The molecule has 2 amide bonds. The van der Waals surface area contributed by atoms with E-state index in [-0.39, 0.29) is 5.75 Å². The fourth-order valence-electron chi connectivity index (χ4n) is 3.88. The van der Waals surface area contributed by atoms with E-state index in [2.05, 4.69) is 21.4 Å². The predicted octanol–water partition coefficient (Wildman–Crippen LogP) is 2.75. The van der Waals surface area contributed by atoms with Gasteiger partial charge in [0.05, 0.1) is 5.75 Å². The fourth-order valence-corrected chi connectivity index (χ4v) is 4.89. The van der Waals surface area contributed by atoms with E-state index in [1.54, 1.807) is 0 Å². The molecule has 6 nitrogen and oxygen atoms in total. The molecule has 25 heavy (non-hydrogen) atoms. The molecule has 0 spiro atoms. The number of carbonyl (C=O) groups is 1. The van der Waals surface area contributed by atoms with Gasteiger partial charge >= 0.3 is 6.03 Å². The summed E-state index contributed by atoms with van der Waals surface area (Å²) in [5.74, 6) is 0.165. The van der Waals surface area contributed by atoms with Crippen LogP contribution in [0, 0.1) is 4.78 Å². The molecule has 7 heteroatoms. The summed E-state index contributed by atoms with van der Waals surface area (Å²) in [6.07, 6.45) is 6.94. The molecule has 1 unspecified atom stereocenters. The minimum absolute atomic E-state index is 0.165. The van der Waals surface area contributed by atoms with Crippen LogP contribution in [0.15, 0.2) is 6.07 Å². The molecule has 4 N–H and O–H groups in total. The zero-order valence-electron chi connectivity index (χ0n) is 14.9. The molecule has 0 saturated carbocycles. The minimum Gasteiger partial charge on any atom is -0.317 e. The van der Waals surface area contributed by atoms with Crippen molar-refractivity contribution in [1.29, 1.82) is 4.78 Å². The van der Waals surface area contributed by atoms with Crippen LogP contribution in [0.2, 0.25) is 0 Å². The van der Waals surface area contributed by atoms with Crippen molar-refractivity contribution in [2.75, 3.05) is 24.2 Å². The van der Waals surface area contributed by atoms with E-state index in [0.29, 0.717) is 13.0 Å². The summed E-state index contributed by atoms with van der Waals surface area (Å²) < 4.78 is 22.6. The Labute approximate surface area is 150 Å². The molecule has 0 aromatic heterocycles. The van der Waals surface area contributed by atoms with E-state index < -0.39 is 15.9 Å². The highest BCUT2D eigenvalue weighted by atomic mass is 32.2. The first-order chi connectivity index (χ1) is 12.0. The lowest BCUT2D eigenvalue weighted by molar-refractivity contribution is 0.256. The van der Waals surface area contributed by atoms with Crippen LogP contribution in [0.5, 0.6) is 0 Å². The third-order valence-corrected chi connectivity index (χ3v) is 6.38. The van der Waals surface area contributed by atoms with Gasteiger partial charge in [-0.2, -0.15) is 0 Å². The second kappa shape index (κ2) is 7.74. The van der Waals surface area contributed by atoms with Gasteiger partial charge in [0.1, 0.15) is 9.92 Å². The number of hydrogen-bond donors (Lipinski definition) is 4. The quantitative estimate of drug-likeness (QED) is 0.560. The van der Waals surface area contributed by atoms with Gasteiger partial charge in [-0.1, -0.05) is 13.0 Å². The Morgan fingerprint density at radius 3 is 2.40 bits per heavy atom. The molecule has 0 bridgehead atoms. The molecule has 0 radical (unpaired) electrons. The van der Waals surface area contributed by atoms with Gasteiger partial charge in [0.25, 0.3) is 0 Å². The van der Waals surface area contributed by atoms with Gasteiger partial charge in [-0.3, -0.25) is 4.72 Å². The highest BCUT2D eigenvalue weighted by molar-refractivity contribution is 7.91. The number of rotatable bonds is 7. The molecule has 0 heterocycles. The van der Waals surface area contributed by atoms with Gasteiger partial charge in [0.2, 0.25) is 0 Å². The average Bonchev–Trinajstić information content (AvgIpc) is 3.19. The highest BCUT2D eigenvalue weighted by Gasteiger charge is 2.25. The Balaban J connectivity index is 1.68. The van der Waals surface area contributed by atoms with E-state index in [1.165, 1.54) is 22.3 Å². The molecule has 1 atom stereocenters. The standard InChI is InChI=1S/C18H28N4O2S/c1-2-20-10-5-11-25(19,24)22-18(23)21-17-15-8-3-6-13(15)12-14-7-4-9-16(14)17/h12,20H,2-11H2,1H3,(H3,19,21,22,23,24). The Bertz CT molecular complexity index is 727. The first-order valence-corrected chi connectivity index (χ1v) is 11.0. The number of hydrogen-bond acceptors (Lipinski definition) is 4. The predicted molar refractivity (Wildman–Crippen MR) is 102 cm³/mol. The zero-order chi connectivity index (χ0) is 17.9. The van der Waals surface area contributed by atoms with Crippen molar-refractivity contribution in [3.8, 4) is 0 Å². The van der Waals surface area contributed by atoms with E-state index in [1.807, 2.05) is 6.92 Å². The Morgan fingerprint density at radius 2 is 1.80 bits per heavy atom. The van der Waals surface area contributed by atoms with Crippen molar-refractivity contribution >= 4 is 21.6 Å². The topological polar surface area (TPSA) is 94.1 Å². The van der Waals surface area contributed by atoms with Gasteiger partial charge in [0, 0.05) is 5.69 Å². The molecule has 1 aromatic rings. The number of aryl methyl sites for hydroxylation is 2. The molecule has 1 aromatic carbocycles. The maximum Gasteiger partial charge on any atom is 0.331 e. The molecule has 2 aliphatic rings. The summed E-state index contributed by atoms with van der Waals surface area (Å²) in [4.78, 5) is 12.4. The summed E-state index contributed by atoms with van der Waals surface area (Å²) >= 11 is 0. The van der Waals surface area contributed by atoms with Crippen molar-refractivity contribution in [2.24, 2.45) is 0 Å². The highest BCUT2D eigenvalue weighted by Crippen LogP contribution is 2.38. The minimum atomic E-state index is -3.11. The SMILES string of the molecule is CCNCCCS(=N)(=O)NC(=O)Nc1c2c(cc3c1CCC3)CCC2. The van der Waals surface area contributed by atoms with Crippen molar-refractivity contribution in [3.63, 3.8) is 0 Å².